The molecule has 0 radical (unpaired) electrons. The zero-order chi connectivity index (χ0) is 17.0. The molecule has 134 valence electrons. The van der Waals surface area contributed by atoms with Crippen molar-refractivity contribution in [3.05, 3.63) is 30.1 Å². The molecule has 1 aromatic heterocycles. The quantitative estimate of drug-likeness (QED) is 0.463. The molecule has 4 heteroatoms. The highest BCUT2D eigenvalue weighted by atomic mass is 32.2. The third-order valence-corrected chi connectivity index (χ3v) is 5.95. The van der Waals surface area contributed by atoms with Crippen LogP contribution in [-0.4, -0.2) is 28.1 Å². The first kappa shape index (κ1) is 19.3. The molecule has 0 saturated carbocycles. The molecule has 1 aromatic rings. The molecular formula is C20H32N2OS. The van der Waals surface area contributed by atoms with Crippen molar-refractivity contribution >= 4 is 17.7 Å². The standard InChI is InChI=1S/C20H32N2OS/c1-2-3-4-5-6-7-8-9-10-11-15-22-19(23)17-24-20(22)18-13-12-14-21-16-18/h12-14,16,20H,2-11,15,17H2,1H3/t20-/m1/s1. The maximum Gasteiger partial charge on any atom is 0.233 e. The number of nitrogens with zero attached hydrogens (tertiary/aromatic N) is 2. The van der Waals surface area contributed by atoms with Crippen LogP contribution in [-0.2, 0) is 4.79 Å². The van der Waals surface area contributed by atoms with Crippen LogP contribution in [0.25, 0.3) is 0 Å². The number of rotatable bonds is 12. The van der Waals surface area contributed by atoms with Gasteiger partial charge in [0.1, 0.15) is 5.37 Å². The lowest BCUT2D eigenvalue weighted by Gasteiger charge is -2.23. The van der Waals surface area contributed by atoms with Crippen molar-refractivity contribution in [2.75, 3.05) is 12.3 Å². The minimum Gasteiger partial charge on any atom is -0.326 e. The fraction of sp³-hybridized carbons (Fsp3) is 0.700. The van der Waals surface area contributed by atoms with Crippen molar-refractivity contribution in [2.45, 2.75) is 76.5 Å². The van der Waals surface area contributed by atoms with Gasteiger partial charge in [-0.1, -0.05) is 70.8 Å². The van der Waals surface area contributed by atoms with Crippen LogP contribution in [0.1, 0.15) is 82.1 Å². The maximum absolute atomic E-state index is 12.1. The van der Waals surface area contributed by atoms with E-state index >= 15 is 0 Å². The van der Waals surface area contributed by atoms with E-state index in [1.54, 1.807) is 18.0 Å². The van der Waals surface area contributed by atoms with E-state index in [4.69, 9.17) is 0 Å². The first-order valence-corrected chi connectivity index (χ1v) is 10.7. The second-order valence-electron chi connectivity index (χ2n) is 6.72. The summed E-state index contributed by atoms with van der Waals surface area (Å²) in [5, 5.41) is 0.171. The number of hydrogen-bond donors (Lipinski definition) is 0. The highest BCUT2D eigenvalue weighted by Crippen LogP contribution is 2.38. The Morgan fingerprint density at radius 1 is 1.08 bits per heavy atom. The molecule has 1 saturated heterocycles. The van der Waals surface area contributed by atoms with E-state index < -0.39 is 0 Å². The molecule has 0 aromatic carbocycles. The number of unbranched alkanes of at least 4 members (excludes halogenated alkanes) is 9. The summed E-state index contributed by atoms with van der Waals surface area (Å²) < 4.78 is 0. The van der Waals surface area contributed by atoms with Crippen LogP contribution in [0.3, 0.4) is 0 Å². The summed E-state index contributed by atoms with van der Waals surface area (Å²) in [4.78, 5) is 18.4. The third-order valence-electron chi connectivity index (χ3n) is 4.69. The summed E-state index contributed by atoms with van der Waals surface area (Å²) in [6.07, 6.45) is 17.0. The lowest BCUT2D eigenvalue weighted by atomic mass is 10.1. The Labute approximate surface area is 151 Å². The zero-order valence-corrected chi connectivity index (χ0v) is 15.9. The normalized spacial score (nSPS) is 17.6. The van der Waals surface area contributed by atoms with Gasteiger partial charge in [0.05, 0.1) is 5.75 Å². The van der Waals surface area contributed by atoms with Gasteiger partial charge in [0, 0.05) is 24.5 Å². The number of pyridine rings is 1. The monoisotopic (exact) mass is 348 g/mol. The Morgan fingerprint density at radius 2 is 1.75 bits per heavy atom. The number of thioether (sulfide) groups is 1. The van der Waals surface area contributed by atoms with Crippen LogP contribution in [0, 0.1) is 0 Å². The van der Waals surface area contributed by atoms with Crippen LogP contribution in [0.2, 0.25) is 0 Å². The minimum atomic E-state index is 0.171. The van der Waals surface area contributed by atoms with Gasteiger partial charge in [-0.2, -0.15) is 0 Å². The summed E-state index contributed by atoms with van der Waals surface area (Å²) in [7, 11) is 0. The molecule has 24 heavy (non-hydrogen) atoms. The molecule has 0 bridgehead atoms. The van der Waals surface area contributed by atoms with E-state index in [0.717, 1.165) is 18.5 Å². The number of aromatic nitrogens is 1. The first-order valence-electron chi connectivity index (χ1n) is 9.64. The van der Waals surface area contributed by atoms with Crippen molar-refractivity contribution in [3.63, 3.8) is 0 Å². The highest BCUT2D eigenvalue weighted by molar-refractivity contribution is 8.00. The highest BCUT2D eigenvalue weighted by Gasteiger charge is 2.32. The van der Waals surface area contributed by atoms with Gasteiger partial charge in [0.2, 0.25) is 5.91 Å². The molecule has 2 rings (SSSR count). The van der Waals surface area contributed by atoms with Gasteiger partial charge in [-0.15, -0.1) is 11.8 Å². The smallest absolute Gasteiger partial charge is 0.233 e. The van der Waals surface area contributed by atoms with Gasteiger partial charge in [0.15, 0.2) is 0 Å². The predicted octanol–water partition coefficient (Wildman–Crippen LogP) is 5.58. The number of carbonyl (C=O) groups excluding carboxylic acids is 1. The van der Waals surface area contributed by atoms with Crippen LogP contribution >= 0.6 is 11.8 Å². The number of amides is 1. The Balaban J connectivity index is 1.58. The fourth-order valence-corrected chi connectivity index (χ4v) is 4.46. The van der Waals surface area contributed by atoms with Gasteiger partial charge < -0.3 is 4.90 Å². The summed E-state index contributed by atoms with van der Waals surface area (Å²) >= 11 is 1.73. The molecule has 0 N–H and O–H groups in total. The second-order valence-corrected chi connectivity index (χ2v) is 7.79. The summed E-state index contributed by atoms with van der Waals surface area (Å²) in [5.41, 5.74) is 1.15. The van der Waals surface area contributed by atoms with E-state index in [2.05, 4.69) is 18.0 Å². The summed E-state index contributed by atoms with van der Waals surface area (Å²) in [6.45, 7) is 3.16. The van der Waals surface area contributed by atoms with Crippen LogP contribution in [0.4, 0.5) is 0 Å². The van der Waals surface area contributed by atoms with Gasteiger partial charge in [0.25, 0.3) is 0 Å². The summed E-state index contributed by atoms with van der Waals surface area (Å²) in [5.74, 6) is 0.891. The Bertz CT molecular complexity index is 466. The molecule has 1 fully saturated rings. The number of hydrogen-bond acceptors (Lipinski definition) is 3. The van der Waals surface area contributed by atoms with E-state index in [1.165, 1.54) is 57.8 Å². The Kier molecular flexibility index (Phi) is 9.26. The van der Waals surface area contributed by atoms with Crippen molar-refractivity contribution in [3.8, 4) is 0 Å². The molecule has 0 unspecified atom stereocenters. The van der Waals surface area contributed by atoms with Crippen molar-refractivity contribution in [2.24, 2.45) is 0 Å². The molecule has 0 spiro atoms. The first-order chi connectivity index (χ1) is 11.8. The second kappa shape index (κ2) is 11.5. The van der Waals surface area contributed by atoms with E-state index in [9.17, 15) is 4.79 Å². The predicted molar refractivity (Wildman–Crippen MR) is 103 cm³/mol. The molecule has 2 heterocycles. The van der Waals surface area contributed by atoms with E-state index in [0.29, 0.717) is 5.75 Å². The van der Waals surface area contributed by atoms with E-state index in [1.807, 2.05) is 17.2 Å². The van der Waals surface area contributed by atoms with Gasteiger partial charge in [-0.05, 0) is 12.5 Å². The molecule has 3 nitrogen and oxygen atoms in total. The molecule has 1 atom stereocenters. The topological polar surface area (TPSA) is 33.2 Å². The average molecular weight is 349 g/mol. The largest absolute Gasteiger partial charge is 0.326 e. The lowest BCUT2D eigenvalue weighted by molar-refractivity contribution is -0.128. The Morgan fingerprint density at radius 3 is 2.38 bits per heavy atom. The van der Waals surface area contributed by atoms with Crippen molar-refractivity contribution < 1.29 is 4.79 Å². The van der Waals surface area contributed by atoms with Gasteiger partial charge in [-0.3, -0.25) is 9.78 Å². The molecule has 1 aliphatic heterocycles. The van der Waals surface area contributed by atoms with Gasteiger partial charge >= 0.3 is 0 Å². The minimum absolute atomic E-state index is 0.171. The fourth-order valence-electron chi connectivity index (χ4n) is 3.26. The van der Waals surface area contributed by atoms with Gasteiger partial charge in [-0.25, -0.2) is 0 Å². The zero-order valence-electron chi connectivity index (χ0n) is 15.1. The van der Waals surface area contributed by atoms with Crippen molar-refractivity contribution in [1.82, 2.24) is 9.88 Å². The van der Waals surface area contributed by atoms with E-state index in [-0.39, 0.29) is 11.3 Å². The maximum atomic E-state index is 12.1. The van der Waals surface area contributed by atoms with Crippen LogP contribution in [0.5, 0.6) is 0 Å². The molecule has 1 aliphatic rings. The molecule has 1 amide bonds. The molecule has 0 aliphatic carbocycles. The Hall–Kier alpha value is -1.03. The number of carbonyl (C=O) groups is 1. The molecular weight excluding hydrogens is 316 g/mol. The van der Waals surface area contributed by atoms with Crippen molar-refractivity contribution in [1.29, 1.82) is 0 Å². The SMILES string of the molecule is CCCCCCCCCCCCN1C(=O)CS[C@@H]1c1cccnc1. The average Bonchev–Trinajstić information content (AvgIpc) is 2.98. The lowest BCUT2D eigenvalue weighted by Crippen LogP contribution is -2.29. The third kappa shape index (κ3) is 6.46. The van der Waals surface area contributed by atoms with Crippen LogP contribution < -0.4 is 0 Å². The van der Waals surface area contributed by atoms with Crippen LogP contribution in [0.15, 0.2) is 24.5 Å². The summed E-state index contributed by atoms with van der Waals surface area (Å²) in [6, 6.07) is 4.03.